The highest BCUT2D eigenvalue weighted by Gasteiger charge is 2.55. The lowest BCUT2D eigenvalue weighted by molar-refractivity contribution is -0.215. The van der Waals surface area contributed by atoms with Crippen LogP contribution >= 0.6 is 0 Å². The summed E-state index contributed by atoms with van der Waals surface area (Å²) in [5.41, 5.74) is -1.69. The fourth-order valence-electron chi connectivity index (χ4n) is 17.3. The molecule has 26 nitrogen and oxygen atoms in total. The van der Waals surface area contributed by atoms with Gasteiger partial charge in [-0.3, -0.25) is 57.5 Å². The second-order valence-corrected chi connectivity index (χ2v) is 31.8. The molecule has 622 valence electrons. The van der Waals surface area contributed by atoms with E-state index in [-0.39, 0.29) is 129 Å². The lowest BCUT2D eigenvalue weighted by Crippen LogP contribution is -2.68. The molecule has 3 N–H and O–H groups in total. The normalized spacial score (nSPS) is 30.9. The Morgan fingerprint density at radius 1 is 0.664 bits per heavy atom. The van der Waals surface area contributed by atoms with E-state index in [9.17, 15) is 63.9 Å². The minimum atomic E-state index is -4.58. The van der Waals surface area contributed by atoms with Crippen molar-refractivity contribution in [3.8, 4) is 0 Å². The Morgan fingerprint density at radius 3 is 1.89 bits per heavy atom. The lowest BCUT2D eigenvalue weighted by Gasteiger charge is -2.46. The highest BCUT2D eigenvalue weighted by molar-refractivity contribution is 6.01. The van der Waals surface area contributed by atoms with Gasteiger partial charge in [0.05, 0.1) is 43.6 Å². The van der Waals surface area contributed by atoms with Crippen molar-refractivity contribution in [1.29, 1.82) is 0 Å². The SMILES string of the molecule is CCCN(C)C(=O)[C@@H]1CC(=O)N(C)[C@@H](CC(F)F)C(=O)N[C@@H]([C@@H](C)CC)C(=O)N(C)CC(=O)N(C)[C@H]2C/C=C\CCN(C2=O)[C@@H](CC2CCC(C(F)(F)F)CC2)C(=O)N(C)CC(=O)N[C@@H](CCC2CCC(C(F)(F)F)C(OC)C2)C(=O)N2C[C@H](OCC)C[C@H]2C(=O)NC2(CCC2)C(=O)N(C)[C@@H](C2CCCC2)C(=O)N1C. The summed E-state index contributed by atoms with van der Waals surface area (Å²) in [5, 5.41) is 8.28. The first kappa shape index (κ1) is 89.9. The molecule has 4 aliphatic carbocycles. The Bertz CT molecular complexity index is 3260. The quantitative estimate of drug-likeness (QED) is 0.110. The van der Waals surface area contributed by atoms with Crippen LogP contribution < -0.4 is 16.0 Å². The largest absolute Gasteiger partial charge is 0.394 e. The molecule has 13 atom stereocenters. The summed E-state index contributed by atoms with van der Waals surface area (Å²) in [6.07, 6.45) is -11.1. The third-order valence-corrected chi connectivity index (χ3v) is 24.5. The molecule has 2 bridgehead atoms. The molecule has 0 aromatic rings. The van der Waals surface area contributed by atoms with Crippen LogP contribution in [0, 0.1) is 35.5 Å². The number of carbonyl (C=O) groups is 12. The highest BCUT2D eigenvalue weighted by Crippen LogP contribution is 2.45. The van der Waals surface area contributed by atoms with E-state index in [4.69, 9.17) is 9.47 Å². The third-order valence-electron chi connectivity index (χ3n) is 24.5. The van der Waals surface area contributed by atoms with Gasteiger partial charge in [0.25, 0.3) is 0 Å². The molecule has 6 fully saturated rings. The van der Waals surface area contributed by atoms with E-state index in [0.29, 0.717) is 38.5 Å². The van der Waals surface area contributed by atoms with Crippen molar-refractivity contribution in [3.63, 3.8) is 0 Å². The number of amides is 12. The van der Waals surface area contributed by atoms with Gasteiger partial charge in [-0.15, -0.1) is 0 Å². The number of hydrogen-bond acceptors (Lipinski definition) is 14. The smallest absolute Gasteiger partial charge is 0.381 e. The predicted octanol–water partition coefficient (Wildman–Crippen LogP) is 6.47. The zero-order chi connectivity index (χ0) is 81.6. The van der Waals surface area contributed by atoms with Gasteiger partial charge in [-0.05, 0) is 146 Å². The molecule has 0 aromatic heterocycles. The molecule has 3 unspecified atom stereocenters. The maximum atomic E-state index is 15.6. The van der Waals surface area contributed by atoms with Gasteiger partial charge in [0, 0.05) is 95.5 Å². The topological polar surface area (TPSA) is 289 Å². The molecule has 34 heteroatoms. The van der Waals surface area contributed by atoms with Crippen LogP contribution in [-0.2, 0) is 67.0 Å². The molecule has 0 aromatic carbocycles. The van der Waals surface area contributed by atoms with Gasteiger partial charge in [0.15, 0.2) is 0 Å². The number of nitrogens with one attached hydrogen (secondary N) is 3. The average molecular weight is 1580 g/mol. The molecule has 12 amide bonds. The summed E-state index contributed by atoms with van der Waals surface area (Å²) in [5.74, 6) is -16.1. The summed E-state index contributed by atoms with van der Waals surface area (Å²) in [7, 11) is 10.1. The zero-order valence-corrected chi connectivity index (χ0v) is 65.9. The lowest BCUT2D eigenvalue weighted by atomic mass is 9.74. The molecule has 1 spiro atoms. The molecule has 7 aliphatic rings. The number of alkyl halides is 8. The van der Waals surface area contributed by atoms with Crippen LogP contribution in [0.5, 0.6) is 0 Å². The fraction of sp³-hybridized carbons (Fsp3) is 0.816. The maximum Gasteiger partial charge on any atom is 0.394 e. The van der Waals surface area contributed by atoms with E-state index < -0.39 is 217 Å². The van der Waals surface area contributed by atoms with Gasteiger partial charge >= 0.3 is 12.4 Å². The van der Waals surface area contributed by atoms with E-state index in [1.807, 2.05) is 0 Å². The number of halogens is 8. The van der Waals surface area contributed by atoms with Crippen molar-refractivity contribution in [2.24, 2.45) is 35.5 Å². The minimum Gasteiger partial charge on any atom is -0.381 e. The van der Waals surface area contributed by atoms with E-state index in [1.54, 1.807) is 39.8 Å². The maximum absolute atomic E-state index is 15.6. The van der Waals surface area contributed by atoms with Crippen LogP contribution in [0.3, 0.4) is 0 Å². The van der Waals surface area contributed by atoms with Gasteiger partial charge in [0.1, 0.15) is 53.9 Å². The molecule has 3 aliphatic heterocycles. The van der Waals surface area contributed by atoms with E-state index >= 15 is 28.8 Å². The Balaban J connectivity index is 1.33. The summed E-state index contributed by atoms with van der Waals surface area (Å²) in [6.45, 7) is 5.05. The van der Waals surface area contributed by atoms with Crippen LogP contribution in [0.25, 0.3) is 0 Å². The minimum absolute atomic E-state index is 0.00233. The second-order valence-electron chi connectivity index (χ2n) is 31.8. The van der Waals surface area contributed by atoms with Crippen LogP contribution in [-0.4, -0.2) is 296 Å². The molecule has 3 heterocycles. The number of fused-ring (bicyclic) bond motifs is 3. The number of rotatable bonds is 16. The average Bonchev–Trinajstić information content (AvgIpc) is 1.30. The molecular weight excluding hydrogens is 1460 g/mol. The third kappa shape index (κ3) is 22.1. The molecule has 4 saturated carbocycles. The first-order chi connectivity index (χ1) is 51.7. The predicted molar refractivity (Wildman–Crippen MR) is 387 cm³/mol. The van der Waals surface area contributed by atoms with Crippen LogP contribution in [0.2, 0.25) is 0 Å². The molecule has 110 heavy (non-hydrogen) atoms. The van der Waals surface area contributed by atoms with E-state index in [1.165, 1.54) is 69.0 Å². The summed E-state index contributed by atoms with van der Waals surface area (Å²) in [4.78, 5) is 191. The van der Waals surface area contributed by atoms with E-state index in [2.05, 4.69) is 16.0 Å². The summed E-state index contributed by atoms with van der Waals surface area (Å²) >= 11 is 0. The number of methoxy groups -OCH3 is 1. The summed E-state index contributed by atoms with van der Waals surface area (Å²) in [6, 6.07) is -12.3. The standard InChI is InChI=1S/C76H118F8N12O14/c1-13-35-88(5)68(103)56-41-61(98)92(9)54(40-59(77)78)65(100)86-63(45(4)14-2)71(106)90(7)44-62(99)91(8)53-24-17-16-20-36-95(70(53)105)57(37-46-25-29-49(30-26-46)75(79,80)81)69(104)89(6)43-60(97)85-52(32-28-47-27-31-51(76(82,83)84)58(38-47)109-12)67(102)96-42-50(110-15-3)39-55(96)66(101)87-74(33-21-34-74)73(108)94(11)64(72(107)93(56)10)48-22-18-19-23-48/h16-17,45-59,63-64H,13-15,18-44H2,1-12H3,(H,85,97)(H,86,100)(H,87,101)/b17-16-/t45-,46?,47?,49?,50+,51?,52-,53-,54-,55-,56-,57-,58?,63-,64-/m0/s1. The van der Waals surface area contributed by atoms with Crippen molar-refractivity contribution in [2.75, 3.05) is 95.8 Å². The van der Waals surface area contributed by atoms with Crippen molar-refractivity contribution in [2.45, 2.75) is 267 Å². The van der Waals surface area contributed by atoms with Crippen molar-refractivity contribution < 1.29 is 102 Å². The Morgan fingerprint density at radius 2 is 1.31 bits per heavy atom. The van der Waals surface area contributed by atoms with Crippen molar-refractivity contribution in [3.05, 3.63) is 12.2 Å². The Labute approximate surface area is 640 Å². The number of ether oxygens (including phenoxy) is 2. The highest BCUT2D eigenvalue weighted by atomic mass is 19.4. The number of likely N-dealkylation sites (N-methyl/N-ethyl adjacent to an activating group) is 7. The molecule has 2 saturated heterocycles. The Kier molecular flexibility index (Phi) is 32.3. The van der Waals surface area contributed by atoms with Crippen LogP contribution in [0.4, 0.5) is 35.1 Å². The zero-order valence-electron chi connectivity index (χ0n) is 65.9. The number of hydrogen-bond donors (Lipinski definition) is 3. The van der Waals surface area contributed by atoms with Gasteiger partial charge in [0.2, 0.25) is 77.3 Å². The number of nitrogens with zero attached hydrogens (tertiary/aromatic N) is 9. The summed E-state index contributed by atoms with van der Waals surface area (Å²) < 4.78 is 127. The van der Waals surface area contributed by atoms with Gasteiger partial charge < -0.3 is 69.5 Å². The van der Waals surface area contributed by atoms with Crippen molar-refractivity contribution in [1.82, 2.24) is 60.0 Å². The monoisotopic (exact) mass is 1570 g/mol. The van der Waals surface area contributed by atoms with Gasteiger partial charge in [-0.2, -0.15) is 26.3 Å². The molecule has 0 radical (unpaired) electrons. The molecule has 7 rings (SSSR count). The first-order valence-corrected chi connectivity index (χ1v) is 39.3. The van der Waals surface area contributed by atoms with Crippen LogP contribution in [0.1, 0.15) is 182 Å². The van der Waals surface area contributed by atoms with Gasteiger partial charge in [-0.25, -0.2) is 8.78 Å². The number of carbonyl (C=O) groups excluding carboxylic acids is 12. The second kappa shape index (κ2) is 39.5. The van der Waals surface area contributed by atoms with Crippen LogP contribution in [0.15, 0.2) is 12.2 Å². The van der Waals surface area contributed by atoms with Gasteiger partial charge in [-0.1, -0.05) is 52.2 Å². The van der Waals surface area contributed by atoms with Crippen molar-refractivity contribution >= 4 is 70.9 Å². The van der Waals surface area contributed by atoms with E-state index in [0.717, 1.165) is 31.5 Å². The molecular formula is C76H118F8N12O14. The fourth-order valence-corrected chi connectivity index (χ4v) is 17.3. The first-order valence-electron chi connectivity index (χ1n) is 39.3. The Hall–Kier alpha value is -7.26.